The molecule has 1 aliphatic carbocycles. The van der Waals surface area contributed by atoms with Crippen LogP contribution in [0.25, 0.3) is 0 Å². The number of benzene rings is 3. The molecule has 0 radical (unpaired) electrons. The molecule has 3 aromatic rings. The topological polar surface area (TPSA) is 105 Å². The summed E-state index contributed by atoms with van der Waals surface area (Å²) in [5, 5.41) is 22.8. The van der Waals surface area contributed by atoms with Crippen molar-refractivity contribution in [2.24, 2.45) is 0 Å². The van der Waals surface area contributed by atoms with Crippen LogP contribution in [-0.2, 0) is 30.4 Å². The number of hydrogen-bond acceptors (Lipinski definition) is 6. The van der Waals surface area contributed by atoms with Gasteiger partial charge in [-0.15, -0.1) is 0 Å². The molecule has 0 spiro atoms. The van der Waals surface area contributed by atoms with Crippen molar-refractivity contribution in [3.63, 3.8) is 0 Å². The number of aromatic hydroxyl groups is 1. The molecule has 2 atom stereocenters. The first kappa shape index (κ1) is 27.8. The van der Waals surface area contributed by atoms with Crippen LogP contribution in [-0.4, -0.2) is 54.4 Å². The Morgan fingerprint density at radius 2 is 1.90 bits per heavy atom. The van der Waals surface area contributed by atoms with Crippen molar-refractivity contribution in [3.05, 3.63) is 93.3 Å². The number of fused-ring (bicyclic) bond motifs is 1. The molecule has 8 heteroatoms. The van der Waals surface area contributed by atoms with E-state index in [1.165, 1.54) is 12.1 Å². The summed E-state index contributed by atoms with van der Waals surface area (Å²) in [6, 6.07) is 12.8. The molecule has 3 N–H and O–H groups in total. The molecule has 1 aliphatic heterocycles. The number of ketones is 1. The van der Waals surface area contributed by atoms with Crippen LogP contribution in [0.3, 0.4) is 0 Å². The van der Waals surface area contributed by atoms with Crippen molar-refractivity contribution in [2.45, 2.75) is 57.1 Å². The van der Waals surface area contributed by atoms with Gasteiger partial charge in [-0.3, -0.25) is 9.59 Å². The molecule has 0 aromatic heterocycles. The Bertz CT molecular complexity index is 1420. The third-order valence-corrected chi connectivity index (χ3v) is 7.81. The number of halogens is 1. The number of aryl methyl sites for hydroxylation is 1. The number of phenols is 1. The fourth-order valence-electron chi connectivity index (χ4n) is 5.75. The number of aliphatic hydroxyl groups excluding tert-OH is 1. The number of aliphatic hydroxyl groups is 1. The van der Waals surface area contributed by atoms with Crippen LogP contribution in [0.1, 0.15) is 67.8 Å². The van der Waals surface area contributed by atoms with Crippen LogP contribution in [0, 0.1) is 5.82 Å². The normalized spacial score (nSPS) is 18.3. The minimum atomic E-state index is -0.776. The van der Waals surface area contributed by atoms with Gasteiger partial charge < -0.3 is 25.0 Å². The maximum atomic E-state index is 15.1. The first-order valence-electron chi connectivity index (χ1n) is 13.7. The molecule has 5 rings (SSSR count). The lowest BCUT2D eigenvalue weighted by atomic mass is 9.92. The van der Waals surface area contributed by atoms with Gasteiger partial charge in [0.15, 0.2) is 5.78 Å². The highest BCUT2D eigenvalue weighted by molar-refractivity contribution is 5.98. The van der Waals surface area contributed by atoms with Gasteiger partial charge in [0.05, 0.1) is 37.0 Å². The molecule has 210 valence electrons. The van der Waals surface area contributed by atoms with E-state index in [-0.39, 0.29) is 36.0 Å². The summed E-state index contributed by atoms with van der Waals surface area (Å²) in [5.41, 5.74) is 4.99. The predicted octanol–water partition coefficient (Wildman–Crippen LogP) is 4.31. The number of nitrogens with one attached hydrogen (secondary N) is 1. The van der Waals surface area contributed by atoms with Crippen LogP contribution < -0.4 is 10.1 Å². The fourth-order valence-corrected chi connectivity index (χ4v) is 5.75. The molecule has 40 heavy (non-hydrogen) atoms. The van der Waals surface area contributed by atoms with Gasteiger partial charge in [0.1, 0.15) is 17.3 Å². The van der Waals surface area contributed by atoms with Crippen LogP contribution in [0.15, 0.2) is 48.5 Å². The standard InChI is InChI=1S/C32H34FNO6/c1-39-31-24-7-3-6-23(24)21(17-26(31)32(38)34-28-12-13-40-18-30(28)37)14-20-8-10-25(27(33)16-20)29(36)11-9-19-4-2-5-22(35)15-19/h2,4-5,8,10,15-17,28,30,35,37H,3,6-7,9,11-14,18H2,1H3,(H,34,38)/t28-,30-/m0/s1. The number of carbonyl (C=O) groups excluding carboxylic acids is 2. The summed E-state index contributed by atoms with van der Waals surface area (Å²) in [6.07, 6.45) is 3.24. The molecule has 2 aliphatic rings. The number of carbonyl (C=O) groups is 2. The minimum Gasteiger partial charge on any atom is -0.508 e. The fraction of sp³-hybridized carbons (Fsp3) is 0.375. The largest absolute Gasteiger partial charge is 0.508 e. The van der Waals surface area contributed by atoms with Crippen molar-refractivity contribution >= 4 is 11.7 Å². The number of Topliss-reactive ketones (excluding diaryl/α,β-unsaturated/α-hetero) is 1. The average Bonchev–Trinajstić information content (AvgIpc) is 3.43. The molecule has 0 saturated carbocycles. The van der Waals surface area contributed by atoms with E-state index in [4.69, 9.17) is 9.47 Å². The second-order valence-electron chi connectivity index (χ2n) is 10.5. The number of methoxy groups -OCH3 is 1. The molecule has 0 bridgehead atoms. The first-order valence-corrected chi connectivity index (χ1v) is 13.7. The molecule has 1 amide bonds. The van der Waals surface area contributed by atoms with E-state index in [0.29, 0.717) is 42.7 Å². The van der Waals surface area contributed by atoms with E-state index in [1.54, 1.807) is 31.4 Å². The lowest BCUT2D eigenvalue weighted by molar-refractivity contribution is -0.0261. The molecule has 7 nitrogen and oxygen atoms in total. The zero-order valence-electron chi connectivity index (χ0n) is 22.5. The maximum absolute atomic E-state index is 15.1. The third kappa shape index (κ3) is 6.03. The van der Waals surface area contributed by atoms with Gasteiger partial charge in [0, 0.05) is 13.0 Å². The van der Waals surface area contributed by atoms with Crippen LogP contribution in [0.5, 0.6) is 11.5 Å². The van der Waals surface area contributed by atoms with Gasteiger partial charge in [-0.25, -0.2) is 4.39 Å². The SMILES string of the molecule is COc1c(C(=O)N[C@H]2CCOC[C@@H]2O)cc(Cc2ccc(C(=O)CCc3cccc(O)c3)c(F)c2)c2c1CCC2. The Balaban J connectivity index is 1.35. The minimum absolute atomic E-state index is 0.0407. The van der Waals surface area contributed by atoms with E-state index in [9.17, 15) is 19.8 Å². The number of rotatable bonds is 9. The van der Waals surface area contributed by atoms with Gasteiger partial charge in [-0.2, -0.15) is 0 Å². The van der Waals surface area contributed by atoms with Gasteiger partial charge in [-0.05, 0) is 96.7 Å². The van der Waals surface area contributed by atoms with Gasteiger partial charge >= 0.3 is 0 Å². The molecule has 1 saturated heterocycles. The number of amides is 1. The summed E-state index contributed by atoms with van der Waals surface area (Å²) in [6.45, 7) is 0.645. The Morgan fingerprint density at radius 3 is 2.65 bits per heavy atom. The van der Waals surface area contributed by atoms with E-state index < -0.39 is 18.0 Å². The van der Waals surface area contributed by atoms with Crippen molar-refractivity contribution < 1.29 is 33.7 Å². The smallest absolute Gasteiger partial charge is 0.255 e. The summed E-state index contributed by atoms with van der Waals surface area (Å²) in [7, 11) is 1.55. The molecule has 0 unspecified atom stereocenters. The van der Waals surface area contributed by atoms with Gasteiger partial charge in [0.2, 0.25) is 0 Å². The molecule has 3 aromatic carbocycles. The maximum Gasteiger partial charge on any atom is 0.255 e. The number of hydrogen-bond donors (Lipinski definition) is 3. The van der Waals surface area contributed by atoms with Crippen molar-refractivity contribution in [1.82, 2.24) is 5.32 Å². The zero-order chi connectivity index (χ0) is 28.2. The molecule has 1 heterocycles. The highest BCUT2D eigenvalue weighted by Crippen LogP contribution is 2.37. The molecular weight excluding hydrogens is 513 g/mol. The van der Waals surface area contributed by atoms with Crippen molar-refractivity contribution in [3.8, 4) is 11.5 Å². The van der Waals surface area contributed by atoms with Gasteiger partial charge in [-0.1, -0.05) is 18.2 Å². The van der Waals surface area contributed by atoms with E-state index in [1.807, 2.05) is 12.1 Å². The summed E-state index contributed by atoms with van der Waals surface area (Å²) < 4.78 is 26.1. The number of phenolic OH excluding ortho intramolecular Hbond substituents is 1. The van der Waals surface area contributed by atoms with Crippen molar-refractivity contribution in [2.75, 3.05) is 20.3 Å². The van der Waals surface area contributed by atoms with E-state index >= 15 is 4.39 Å². The molecule has 1 fully saturated rings. The Labute approximate surface area is 232 Å². The summed E-state index contributed by atoms with van der Waals surface area (Å²) in [5.74, 6) is -0.513. The monoisotopic (exact) mass is 547 g/mol. The first-order chi connectivity index (χ1) is 19.3. The predicted molar refractivity (Wildman–Crippen MR) is 148 cm³/mol. The summed E-state index contributed by atoms with van der Waals surface area (Å²) >= 11 is 0. The van der Waals surface area contributed by atoms with Crippen LogP contribution in [0.2, 0.25) is 0 Å². The van der Waals surface area contributed by atoms with Crippen molar-refractivity contribution in [1.29, 1.82) is 0 Å². The Hall–Kier alpha value is -3.75. The van der Waals surface area contributed by atoms with E-state index in [2.05, 4.69) is 5.32 Å². The lowest BCUT2D eigenvalue weighted by Crippen LogP contribution is -2.48. The highest BCUT2D eigenvalue weighted by atomic mass is 19.1. The van der Waals surface area contributed by atoms with Crippen LogP contribution >= 0.6 is 0 Å². The Kier molecular flexibility index (Phi) is 8.47. The zero-order valence-corrected chi connectivity index (χ0v) is 22.5. The van der Waals surface area contributed by atoms with Gasteiger partial charge in [0.25, 0.3) is 5.91 Å². The summed E-state index contributed by atoms with van der Waals surface area (Å²) in [4.78, 5) is 26.1. The van der Waals surface area contributed by atoms with E-state index in [0.717, 1.165) is 41.5 Å². The average molecular weight is 548 g/mol. The van der Waals surface area contributed by atoms with Crippen LogP contribution in [0.4, 0.5) is 4.39 Å². The highest BCUT2D eigenvalue weighted by Gasteiger charge is 2.30. The lowest BCUT2D eigenvalue weighted by Gasteiger charge is -2.29. The Morgan fingerprint density at radius 1 is 1.07 bits per heavy atom. The number of ether oxygens (including phenoxy) is 2. The second-order valence-corrected chi connectivity index (χ2v) is 10.5. The molecular formula is C32H34FNO6. The third-order valence-electron chi connectivity index (χ3n) is 7.81. The second kappa shape index (κ2) is 12.2. The quantitative estimate of drug-likeness (QED) is 0.345.